The molecule has 0 atom stereocenters. The molecule has 82 valence electrons. The molecular weight excluding hydrogens is 272 g/mol. The zero-order chi connectivity index (χ0) is 11.7. The van der Waals surface area contributed by atoms with Crippen LogP contribution in [0.1, 0.15) is 10.4 Å². The average Bonchev–Trinajstić information content (AvgIpc) is 2.29. The first kappa shape index (κ1) is 11.0. The number of aromatic hydroxyl groups is 1. The summed E-state index contributed by atoms with van der Waals surface area (Å²) >= 11 is 3.37. The molecule has 0 unspecified atom stereocenters. The molecule has 0 amide bonds. The lowest BCUT2D eigenvalue weighted by molar-refractivity contribution is 0.0600. The number of fused-ring (bicyclic) bond motifs is 1. The van der Waals surface area contributed by atoms with Crippen molar-refractivity contribution >= 4 is 32.7 Å². The molecule has 1 N–H and O–H groups in total. The van der Waals surface area contributed by atoms with E-state index in [1.807, 2.05) is 12.1 Å². The number of carbonyl (C=O) groups excluding carboxylic acids is 1. The van der Waals surface area contributed by atoms with Gasteiger partial charge in [-0.2, -0.15) is 0 Å². The number of phenols is 1. The molecular formula is C12H9BrO3. The van der Waals surface area contributed by atoms with E-state index in [0.29, 0.717) is 10.9 Å². The van der Waals surface area contributed by atoms with Gasteiger partial charge in [0, 0.05) is 15.2 Å². The number of carbonyl (C=O) groups is 1. The van der Waals surface area contributed by atoms with Crippen molar-refractivity contribution in [3.8, 4) is 5.75 Å². The molecule has 3 nitrogen and oxygen atoms in total. The molecule has 0 fully saturated rings. The topological polar surface area (TPSA) is 46.5 Å². The Labute approximate surface area is 101 Å². The summed E-state index contributed by atoms with van der Waals surface area (Å²) in [6.45, 7) is 0. The number of methoxy groups -OCH3 is 1. The number of phenolic OH excluding ortho intramolecular Hbond substituents is 1. The van der Waals surface area contributed by atoms with Crippen LogP contribution in [0.5, 0.6) is 5.75 Å². The minimum absolute atomic E-state index is 0.0687. The first-order valence-electron chi connectivity index (χ1n) is 4.63. The molecule has 0 aliphatic carbocycles. The van der Waals surface area contributed by atoms with Gasteiger partial charge in [-0.3, -0.25) is 0 Å². The van der Waals surface area contributed by atoms with Crippen LogP contribution in [0.25, 0.3) is 10.8 Å². The summed E-state index contributed by atoms with van der Waals surface area (Å²) < 4.78 is 5.44. The van der Waals surface area contributed by atoms with Crippen molar-refractivity contribution in [2.24, 2.45) is 0 Å². The van der Waals surface area contributed by atoms with Gasteiger partial charge in [0.2, 0.25) is 0 Å². The van der Waals surface area contributed by atoms with Crippen LogP contribution in [0.3, 0.4) is 0 Å². The zero-order valence-electron chi connectivity index (χ0n) is 8.53. The molecule has 0 aliphatic rings. The molecule has 4 heteroatoms. The van der Waals surface area contributed by atoms with Crippen molar-refractivity contribution in [3.63, 3.8) is 0 Å². The maximum Gasteiger partial charge on any atom is 0.338 e. The molecule has 0 aliphatic heterocycles. The molecule has 0 saturated heterocycles. The van der Waals surface area contributed by atoms with Crippen LogP contribution in [-0.4, -0.2) is 18.2 Å². The zero-order valence-corrected chi connectivity index (χ0v) is 10.1. The number of benzene rings is 2. The fourth-order valence-corrected chi connectivity index (χ4v) is 2.05. The minimum atomic E-state index is -0.465. The van der Waals surface area contributed by atoms with Gasteiger partial charge in [0.15, 0.2) is 0 Å². The second-order valence-electron chi connectivity index (χ2n) is 3.32. The number of hydrogen-bond acceptors (Lipinski definition) is 3. The Morgan fingerprint density at radius 3 is 2.75 bits per heavy atom. The van der Waals surface area contributed by atoms with Crippen LogP contribution < -0.4 is 0 Å². The Morgan fingerprint density at radius 1 is 1.31 bits per heavy atom. The van der Waals surface area contributed by atoms with E-state index in [-0.39, 0.29) is 5.75 Å². The van der Waals surface area contributed by atoms with Crippen molar-refractivity contribution in [1.29, 1.82) is 0 Å². The van der Waals surface area contributed by atoms with E-state index in [1.54, 1.807) is 12.1 Å². The first-order chi connectivity index (χ1) is 7.63. The quantitative estimate of drug-likeness (QED) is 0.817. The van der Waals surface area contributed by atoms with Crippen molar-refractivity contribution < 1.29 is 14.6 Å². The van der Waals surface area contributed by atoms with Gasteiger partial charge in [-0.25, -0.2) is 4.79 Å². The molecule has 2 aromatic carbocycles. The van der Waals surface area contributed by atoms with Gasteiger partial charge in [-0.15, -0.1) is 0 Å². The highest BCUT2D eigenvalue weighted by atomic mass is 79.9. The van der Waals surface area contributed by atoms with Gasteiger partial charge in [0.05, 0.1) is 12.7 Å². The number of hydrogen-bond donors (Lipinski definition) is 1. The first-order valence-corrected chi connectivity index (χ1v) is 5.42. The SMILES string of the molecule is COC(=O)c1cc(O)c2cccc(Br)c2c1. The summed E-state index contributed by atoms with van der Waals surface area (Å²) in [5.74, 6) is -0.396. The average molecular weight is 281 g/mol. The Kier molecular flexibility index (Phi) is 2.83. The summed E-state index contributed by atoms with van der Waals surface area (Å²) in [6, 6.07) is 8.55. The van der Waals surface area contributed by atoms with Crippen LogP contribution in [0.4, 0.5) is 0 Å². The Hall–Kier alpha value is -1.55. The van der Waals surface area contributed by atoms with Crippen molar-refractivity contribution in [1.82, 2.24) is 0 Å². The standard InChI is InChI=1S/C12H9BrO3/c1-16-12(15)7-5-9-8(11(14)6-7)3-2-4-10(9)13/h2-6,14H,1H3. The molecule has 16 heavy (non-hydrogen) atoms. The van der Waals surface area contributed by atoms with Gasteiger partial charge in [0.25, 0.3) is 0 Å². The maximum absolute atomic E-state index is 11.4. The smallest absolute Gasteiger partial charge is 0.338 e. The summed E-state index contributed by atoms with van der Waals surface area (Å²) in [4.78, 5) is 11.4. The largest absolute Gasteiger partial charge is 0.507 e. The van der Waals surface area contributed by atoms with Gasteiger partial charge in [-0.05, 0) is 18.2 Å². The maximum atomic E-state index is 11.4. The molecule has 0 saturated carbocycles. The number of halogens is 1. The number of ether oxygens (including phenoxy) is 1. The van der Waals surface area contributed by atoms with Gasteiger partial charge < -0.3 is 9.84 Å². The highest BCUT2D eigenvalue weighted by Gasteiger charge is 2.11. The molecule has 2 aromatic rings. The lowest BCUT2D eigenvalue weighted by atomic mass is 10.1. The van der Waals surface area contributed by atoms with Crippen LogP contribution in [0.2, 0.25) is 0 Å². The van der Waals surface area contributed by atoms with Crippen molar-refractivity contribution in [3.05, 3.63) is 40.4 Å². The molecule has 0 bridgehead atoms. The fourth-order valence-electron chi connectivity index (χ4n) is 1.56. The van der Waals surface area contributed by atoms with E-state index in [0.717, 1.165) is 9.86 Å². The lowest BCUT2D eigenvalue weighted by Gasteiger charge is -2.06. The highest BCUT2D eigenvalue weighted by Crippen LogP contribution is 2.31. The second-order valence-corrected chi connectivity index (χ2v) is 4.18. The predicted octanol–water partition coefficient (Wildman–Crippen LogP) is 3.09. The second kappa shape index (κ2) is 4.14. The Balaban J connectivity index is 2.75. The van der Waals surface area contributed by atoms with Crippen LogP contribution >= 0.6 is 15.9 Å². The summed E-state index contributed by atoms with van der Waals surface area (Å²) in [6.07, 6.45) is 0. The summed E-state index contributed by atoms with van der Waals surface area (Å²) in [7, 11) is 1.31. The van der Waals surface area contributed by atoms with E-state index < -0.39 is 5.97 Å². The fraction of sp³-hybridized carbons (Fsp3) is 0.0833. The third kappa shape index (κ3) is 1.76. The van der Waals surface area contributed by atoms with Crippen molar-refractivity contribution in [2.75, 3.05) is 7.11 Å². The van der Waals surface area contributed by atoms with Crippen LogP contribution in [-0.2, 0) is 4.74 Å². The predicted molar refractivity (Wildman–Crippen MR) is 64.7 cm³/mol. The highest BCUT2D eigenvalue weighted by molar-refractivity contribution is 9.10. The van der Waals surface area contributed by atoms with E-state index in [2.05, 4.69) is 20.7 Å². The van der Waals surface area contributed by atoms with Crippen LogP contribution in [0.15, 0.2) is 34.8 Å². The lowest BCUT2D eigenvalue weighted by Crippen LogP contribution is -2.00. The number of esters is 1. The van der Waals surface area contributed by atoms with E-state index >= 15 is 0 Å². The normalized spacial score (nSPS) is 10.4. The molecule has 0 radical (unpaired) electrons. The minimum Gasteiger partial charge on any atom is -0.507 e. The Bertz CT molecular complexity index is 563. The van der Waals surface area contributed by atoms with Gasteiger partial charge >= 0.3 is 5.97 Å². The van der Waals surface area contributed by atoms with Crippen LogP contribution in [0, 0.1) is 0 Å². The van der Waals surface area contributed by atoms with E-state index in [9.17, 15) is 9.90 Å². The molecule has 0 heterocycles. The van der Waals surface area contributed by atoms with Gasteiger partial charge in [-0.1, -0.05) is 28.1 Å². The summed E-state index contributed by atoms with van der Waals surface area (Å²) in [5.41, 5.74) is 0.333. The molecule has 0 spiro atoms. The Morgan fingerprint density at radius 2 is 2.06 bits per heavy atom. The van der Waals surface area contributed by atoms with Crippen molar-refractivity contribution in [2.45, 2.75) is 0 Å². The molecule has 2 rings (SSSR count). The summed E-state index contributed by atoms with van der Waals surface area (Å²) in [5, 5.41) is 11.3. The monoisotopic (exact) mass is 280 g/mol. The third-order valence-electron chi connectivity index (χ3n) is 2.34. The third-order valence-corrected chi connectivity index (χ3v) is 3.03. The van der Waals surface area contributed by atoms with E-state index in [4.69, 9.17) is 0 Å². The van der Waals surface area contributed by atoms with E-state index in [1.165, 1.54) is 13.2 Å². The van der Waals surface area contributed by atoms with Gasteiger partial charge in [0.1, 0.15) is 5.75 Å². The number of rotatable bonds is 1. The molecule has 0 aromatic heterocycles.